The van der Waals surface area contributed by atoms with E-state index in [0.29, 0.717) is 5.69 Å². The third kappa shape index (κ3) is 3.33. The first-order chi connectivity index (χ1) is 9.60. The zero-order valence-electron chi connectivity index (χ0n) is 11.6. The molecule has 0 aliphatic rings. The number of nitrogens with zero attached hydrogens (tertiary/aromatic N) is 3. The highest BCUT2D eigenvalue weighted by Gasteiger charge is 2.06. The van der Waals surface area contributed by atoms with Crippen molar-refractivity contribution >= 4 is 5.82 Å². The Bertz CT molecular complexity index is 629. The summed E-state index contributed by atoms with van der Waals surface area (Å²) in [4.78, 5) is 6.31. The molecule has 0 saturated carbocycles. The van der Waals surface area contributed by atoms with Crippen LogP contribution in [0.4, 0.5) is 10.2 Å². The summed E-state index contributed by atoms with van der Waals surface area (Å²) >= 11 is 0. The summed E-state index contributed by atoms with van der Waals surface area (Å²) in [6, 6.07) is 12.4. The highest BCUT2D eigenvalue weighted by atomic mass is 19.1. The molecule has 0 aliphatic carbocycles. The van der Waals surface area contributed by atoms with Gasteiger partial charge in [0.1, 0.15) is 23.4 Å². The summed E-state index contributed by atoms with van der Waals surface area (Å²) in [5.74, 6) is 0.551. The van der Waals surface area contributed by atoms with E-state index in [9.17, 15) is 4.39 Å². The van der Waals surface area contributed by atoms with Crippen LogP contribution in [-0.4, -0.2) is 18.6 Å². The van der Waals surface area contributed by atoms with Gasteiger partial charge in [-0.05, 0) is 42.7 Å². The Labute approximate surface area is 118 Å². The number of benzene rings is 1. The summed E-state index contributed by atoms with van der Waals surface area (Å²) in [5, 5.41) is 8.99. The molecule has 4 heteroatoms. The van der Waals surface area contributed by atoms with Gasteiger partial charge in [-0.3, -0.25) is 0 Å². The molecule has 0 amide bonds. The number of anilines is 1. The number of hydrogen-bond acceptors (Lipinski definition) is 3. The normalized spacial score (nSPS) is 10.1. The third-order valence-electron chi connectivity index (χ3n) is 3.23. The van der Waals surface area contributed by atoms with Gasteiger partial charge in [-0.25, -0.2) is 9.37 Å². The maximum Gasteiger partial charge on any atom is 0.145 e. The number of aromatic nitrogens is 1. The van der Waals surface area contributed by atoms with Gasteiger partial charge in [0.05, 0.1) is 0 Å². The highest BCUT2D eigenvalue weighted by molar-refractivity contribution is 5.44. The monoisotopic (exact) mass is 269 g/mol. The number of likely N-dealkylation sites (N-methyl/N-ethyl adjacent to an activating group) is 1. The molecule has 0 bridgehead atoms. The third-order valence-corrected chi connectivity index (χ3v) is 3.23. The minimum absolute atomic E-state index is 0.221. The van der Waals surface area contributed by atoms with E-state index in [1.807, 2.05) is 31.0 Å². The molecule has 0 fully saturated rings. The molecule has 0 atom stereocenters. The van der Waals surface area contributed by atoms with E-state index in [-0.39, 0.29) is 5.82 Å². The van der Waals surface area contributed by atoms with Gasteiger partial charge >= 0.3 is 0 Å². The fourth-order valence-electron chi connectivity index (χ4n) is 1.91. The Kier molecular flexibility index (Phi) is 4.31. The van der Waals surface area contributed by atoms with Gasteiger partial charge in [-0.2, -0.15) is 5.26 Å². The van der Waals surface area contributed by atoms with Crippen molar-refractivity contribution in [1.29, 1.82) is 5.26 Å². The standard InChI is InChI=1S/C16H16FN3/c1-12-3-8-16(19-15(12)11-18)20(2)10-9-13-4-6-14(17)7-5-13/h3-8H,9-10H2,1-2H3. The molecule has 2 rings (SSSR count). The van der Waals surface area contributed by atoms with Crippen LogP contribution in [0.1, 0.15) is 16.8 Å². The first-order valence-corrected chi connectivity index (χ1v) is 6.43. The lowest BCUT2D eigenvalue weighted by Gasteiger charge is -2.18. The van der Waals surface area contributed by atoms with Crippen LogP contribution in [0, 0.1) is 24.1 Å². The van der Waals surface area contributed by atoms with E-state index in [2.05, 4.69) is 11.1 Å². The van der Waals surface area contributed by atoms with Crippen LogP contribution in [0.2, 0.25) is 0 Å². The SMILES string of the molecule is Cc1ccc(N(C)CCc2ccc(F)cc2)nc1C#N. The number of hydrogen-bond donors (Lipinski definition) is 0. The number of halogens is 1. The van der Waals surface area contributed by atoms with E-state index in [0.717, 1.165) is 29.9 Å². The Morgan fingerprint density at radius 3 is 2.55 bits per heavy atom. The minimum atomic E-state index is -0.221. The molecule has 0 saturated heterocycles. The molecule has 1 heterocycles. The first-order valence-electron chi connectivity index (χ1n) is 6.43. The Hall–Kier alpha value is -2.41. The van der Waals surface area contributed by atoms with E-state index in [1.165, 1.54) is 12.1 Å². The van der Waals surface area contributed by atoms with Gasteiger partial charge in [0, 0.05) is 13.6 Å². The molecular weight excluding hydrogens is 253 g/mol. The van der Waals surface area contributed by atoms with Gasteiger partial charge in [0.2, 0.25) is 0 Å². The zero-order chi connectivity index (χ0) is 14.5. The Morgan fingerprint density at radius 1 is 1.20 bits per heavy atom. The van der Waals surface area contributed by atoms with Crippen LogP contribution < -0.4 is 4.90 Å². The average molecular weight is 269 g/mol. The van der Waals surface area contributed by atoms with Crippen LogP contribution >= 0.6 is 0 Å². The largest absolute Gasteiger partial charge is 0.359 e. The maximum atomic E-state index is 12.8. The Morgan fingerprint density at radius 2 is 1.90 bits per heavy atom. The lowest BCUT2D eigenvalue weighted by Crippen LogP contribution is -2.21. The first kappa shape index (κ1) is 14.0. The van der Waals surface area contributed by atoms with E-state index >= 15 is 0 Å². The summed E-state index contributed by atoms with van der Waals surface area (Å²) < 4.78 is 12.8. The molecule has 102 valence electrons. The van der Waals surface area contributed by atoms with Gasteiger partial charge in [0.25, 0.3) is 0 Å². The second kappa shape index (κ2) is 6.16. The van der Waals surface area contributed by atoms with Crippen molar-refractivity contribution in [3.8, 4) is 6.07 Å². The predicted molar refractivity (Wildman–Crippen MR) is 77.1 cm³/mol. The summed E-state index contributed by atoms with van der Waals surface area (Å²) in [6.07, 6.45) is 0.800. The molecule has 0 spiro atoms. The van der Waals surface area contributed by atoms with E-state index in [4.69, 9.17) is 5.26 Å². The second-order valence-corrected chi connectivity index (χ2v) is 4.74. The zero-order valence-corrected chi connectivity index (χ0v) is 11.6. The molecular formula is C16H16FN3. The predicted octanol–water partition coefficient (Wildman–Crippen LogP) is 3.08. The lowest BCUT2D eigenvalue weighted by atomic mass is 10.1. The highest BCUT2D eigenvalue weighted by Crippen LogP contribution is 2.14. The number of nitriles is 1. The van der Waals surface area contributed by atoms with Crippen LogP contribution in [0.3, 0.4) is 0 Å². The fraction of sp³-hybridized carbons (Fsp3) is 0.250. The van der Waals surface area contributed by atoms with Crippen molar-refractivity contribution in [2.24, 2.45) is 0 Å². The molecule has 0 aliphatic heterocycles. The van der Waals surface area contributed by atoms with Gasteiger partial charge in [-0.15, -0.1) is 0 Å². The summed E-state index contributed by atoms with van der Waals surface area (Å²) in [6.45, 7) is 2.63. The number of aryl methyl sites for hydroxylation is 1. The summed E-state index contributed by atoms with van der Waals surface area (Å²) in [5.41, 5.74) is 2.41. The quantitative estimate of drug-likeness (QED) is 0.856. The fourth-order valence-corrected chi connectivity index (χ4v) is 1.91. The Balaban J connectivity index is 2.03. The van der Waals surface area contributed by atoms with Crippen molar-refractivity contribution in [1.82, 2.24) is 4.98 Å². The average Bonchev–Trinajstić information content (AvgIpc) is 2.47. The smallest absolute Gasteiger partial charge is 0.145 e. The van der Waals surface area contributed by atoms with Crippen LogP contribution in [0.25, 0.3) is 0 Å². The van der Waals surface area contributed by atoms with E-state index in [1.54, 1.807) is 12.1 Å². The molecule has 1 aromatic carbocycles. The molecule has 0 N–H and O–H groups in total. The second-order valence-electron chi connectivity index (χ2n) is 4.74. The van der Waals surface area contributed by atoms with Crippen LogP contribution in [-0.2, 0) is 6.42 Å². The minimum Gasteiger partial charge on any atom is -0.359 e. The summed E-state index contributed by atoms with van der Waals surface area (Å²) in [7, 11) is 1.93. The van der Waals surface area contributed by atoms with Gasteiger partial charge < -0.3 is 4.90 Å². The van der Waals surface area contributed by atoms with Gasteiger partial charge in [-0.1, -0.05) is 18.2 Å². The molecule has 3 nitrogen and oxygen atoms in total. The van der Waals surface area contributed by atoms with E-state index < -0.39 is 0 Å². The van der Waals surface area contributed by atoms with Crippen molar-refractivity contribution in [3.63, 3.8) is 0 Å². The topological polar surface area (TPSA) is 39.9 Å². The number of rotatable bonds is 4. The van der Waals surface area contributed by atoms with Crippen molar-refractivity contribution in [2.45, 2.75) is 13.3 Å². The molecule has 20 heavy (non-hydrogen) atoms. The molecule has 1 aromatic heterocycles. The molecule has 0 radical (unpaired) electrons. The van der Waals surface area contributed by atoms with Crippen LogP contribution in [0.5, 0.6) is 0 Å². The lowest BCUT2D eigenvalue weighted by molar-refractivity contribution is 0.627. The molecule has 2 aromatic rings. The van der Waals surface area contributed by atoms with Gasteiger partial charge in [0.15, 0.2) is 0 Å². The van der Waals surface area contributed by atoms with Crippen molar-refractivity contribution < 1.29 is 4.39 Å². The molecule has 0 unspecified atom stereocenters. The van der Waals surface area contributed by atoms with Crippen LogP contribution in [0.15, 0.2) is 36.4 Å². The van der Waals surface area contributed by atoms with Crippen molar-refractivity contribution in [2.75, 3.05) is 18.5 Å². The van der Waals surface area contributed by atoms with Crippen molar-refractivity contribution in [3.05, 3.63) is 59.0 Å². The number of pyridine rings is 1. The maximum absolute atomic E-state index is 12.8.